The summed E-state index contributed by atoms with van der Waals surface area (Å²) in [5.74, 6) is -0.177. The Kier molecular flexibility index (Phi) is 6.24. The maximum Gasteiger partial charge on any atom is 0.191 e. The van der Waals surface area contributed by atoms with Crippen molar-refractivity contribution in [2.24, 2.45) is 0 Å². The number of nitrogens with zero attached hydrogens (tertiary/aromatic N) is 2. The monoisotopic (exact) mass is 438 g/mol. The van der Waals surface area contributed by atoms with E-state index in [0.29, 0.717) is 22.7 Å². The first-order valence-corrected chi connectivity index (χ1v) is 12.5. The molecule has 3 heterocycles. The second-order valence-electron chi connectivity index (χ2n) is 7.71. The predicted octanol–water partition coefficient (Wildman–Crippen LogP) is 3.72. The highest BCUT2D eigenvalue weighted by molar-refractivity contribution is 7.94. The molecule has 1 aromatic heterocycles. The van der Waals surface area contributed by atoms with E-state index in [-0.39, 0.29) is 17.2 Å². The van der Waals surface area contributed by atoms with Crippen LogP contribution in [0.2, 0.25) is 0 Å². The van der Waals surface area contributed by atoms with Crippen molar-refractivity contribution >= 4 is 26.9 Å². The maximum atomic E-state index is 14.0. The molecular weight excluding hydrogens is 411 g/mol. The van der Waals surface area contributed by atoms with Crippen LogP contribution in [0.3, 0.4) is 0 Å². The van der Waals surface area contributed by atoms with Crippen LogP contribution < -0.4 is 4.90 Å². The topological polar surface area (TPSA) is 49.9 Å². The summed E-state index contributed by atoms with van der Waals surface area (Å²) in [6.07, 6.45) is 1.88. The number of sulfone groups is 1. The standard InChI is InChI=1S/C21H27FN2O3S2/c1-27-20-15-16(29(25,26)21-17(20)8-14-28-21)5-4-9-23-10-12-24(13-11-23)19-7-3-2-6-18(19)22/h2-3,6-8,14,16,20H,4-5,9-13,15H2,1H3. The SMILES string of the molecule is COC1CC(CCCN2CCN(c3ccccc3F)CC2)S(=O)(=O)c2sccc21. The predicted molar refractivity (Wildman–Crippen MR) is 114 cm³/mol. The molecule has 1 saturated heterocycles. The van der Waals surface area contributed by atoms with Crippen LogP contribution in [0.5, 0.6) is 0 Å². The normalized spacial score (nSPS) is 24.4. The number of methoxy groups -OCH3 is 1. The summed E-state index contributed by atoms with van der Waals surface area (Å²) in [6, 6.07) is 8.77. The van der Waals surface area contributed by atoms with Gasteiger partial charge in [-0.25, -0.2) is 12.8 Å². The highest BCUT2D eigenvalue weighted by Crippen LogP contribution is 2.42. The first-order chi connectivity index (χ1) is 14.0. The first-order valence-electron chi connectivity index (χ1n) is 10.1. The lowest BCUT2D eigenvalue weighted by Crippen LogP contribution is -2.47. The molecule has 2 aromatic rings. The smallest absolute Gasteiger partial charge is 0.191 e. The summed E-state index contributed by atoms with van der Waals surface area (Å²) in [6.45, 7) is 4.16. The minimum absolute atomic E-state index is 0.130. The molecule has 29 heavy (non-hydrogen) atoms. The lowest BCUT2D eigenvalue weighted by molar-refractivity contribution is 0.0893. The third-order valence-corrected chi connectivity index (χ3v) is 9.80. The zero-order valence-electron chi connectivity index (χ0n) is 16.6. The van der Waals surface area contributed by atoms with Crippen molar-refractivity contribution in [1.29, 1.82) is 0 Å². The van der Waals surface area contributed by atoms with Crippen molar-refractivity contribution in [2.45, 2.75) is 34.8 Å². The molecule has 0 radical (unpaired) electrons. The summed E-state index contributed by atoms with van der Waals surface area (Å²) in [7, 11) is -1.62. The third kappa shape index (κ3) is 4.21. The number of hydrogen-bond donors (Lipinski definition) is 0. The Morgan fingerprint density at radius 2 is 1.93 bits per heavy atom. The average Bonchev–Trinajstić information content (AvgIpc) is 3.22. The van der Waals surface area contributed by atoms with E-state index >= 15 is 0 Å². The van der Waals surface area contributed by atoms with Crippen LogP contribution in [0, 0.1) is 5.82 Å². The fourth-order valence-electron chi connectivity index (χ4n) is 4.38. The van der Waals surface area contributed by atoms with Crippen molar-refractivity contribution in [3.8, 4) is 0 Å². The van der Waals surface area contributed by atoms with Crippen LogP contribution >= 0.6 is 11.3 Å². The molecule has 0 aliphatic carbocycles. The van der Waals surface area contributed by atoms with Gasteiger partial charge in [0.1, 0.15) is 10.0 Å². The Hall–Kier alpha value is -1.48. The number of rotatable bonds is 6. The third-order valence-electron chi connectivity index (χ3n) is 6.03. The van der Waals surface area contributed by atoms with Gasteiger partial charge < -0.3 is 9.64 Å². The largest absolute Gasteiger partial charge is 0.377 e. The Labute approximate surface area is 176 Å². The van der Waals surface area contributed by atoms with E-state index in [2.05, 4.69) is 9.80 Å². The van der Waals surface area contributed by atoms with E-state index in [9.17, 15) is 12.8 Å². The zero-order valence-corrected chi connectivity index (χ0v) is 18.2. The van der Waals surface area contributed by atoms with Gasteiger partial charge in [-0.3, -0.25) is 4.90 Å². The molecule has 2 atom stereocenters. The summed E-state index contributed by atoms with van der Waals surface area (Å²) >= 11 is 1.30. The molecule has 4 rings (SSSR count). The Morgan fingerprint density at radius 3 is 2.66 bits per heavy atom. The van der Waals surface area contributed by atoms with Gasteiger partial charge in [-0.15, -0.1) is 11.3 Å². The van der Waals surface area contributed by atoms with Crippen LogP contribution in [-0.2, 0) is 14.6 Å². The first kappa shape index (κ1) is 20.8. The van der Waals surface area contributed by atoms with E-state index < -0.39 is 9.84 Å². The van der Waals surface area contributed by atoms with Crippen LogP contribution in [-0.4, -0.2) is 58.4 Å². The number of para-hydroxylation sites is 1. The molecule has 2 aliphatic rings. The second-order valence-corrected chi connectivity index (χ2v) is 11.1. The molecule has 5 nitrogen and oxygen atoms in total. The molecule has 1 aromatic carbocycles. The minimum Gasteiger partial charge on any atom is -0.377 e. The molecule has 8 heteroatoms. The van der Waals surface area contributed by atoms with Gasteiger partial charge in [-0.2, -0.15) is 0 Å². The van der Waals surface area contributed by atoms with E-state index in [4.69, 9.17) is 4.74 Å². The number of halogens is 1. The Balaban J connectivity index is 1.30. The molecular formula is C21H27FN2O3S2. The fraction of sp³-hybridized carbons (Fsp3) is 0.524. The van der Waals surface area contributed by atoms with Crippen molar-refractivity contribution in [1.82, 2.24) is 4.90 Å². The number of ether oxygens (including phenoxy) is 1. The molecule has 158 valence electrons. The van der Waals surface area contributed by atoms with Crippen molar-refractivity contribution < 1.29 is 17.5 Å². The van der Waals surface area contributed by atoms with Crippen molar-refractivity contribution in [2.75, 3.05) is 44.7 Å². The van der Waals surface area contributed by atoms with Crippen LogP contribution in [0.4, 0.5) is 10.1 Å². The lowest BCUT2D eigenvalue weighted by atomic mass is 10.0. The zero-order chi connectivity index (χ0) is 20.4. The van der Waals surface area contributed by atoms with Crippen molar-refractivity contribution in [3.63, 3.8) is 0 Å². The van der Waals surface area contributed by atoms with Gasteiger partial charge in [-0.1, -0.05) is 12.1 Å². The number of benzene rings is 1. The van der Waals surface area contributed by atoms with Gasteiger partial charge in [0.15, 0.2) is 9.84 Å². The summed E-state index contributed by atoms with van der Waals surface area (Å²) in [5, 5.41) is 1.46. The van der Waals surface area contributed by atoms with Crippen LogP contribution in [0.25, 0.3) is 0 Å². The van der Waals surface area contributed by atoms with Crippen LogP contribution in [0.15, 0.2) is 39.9 Å². The molecule has 0 amide bonds. The average molecular weight is 439 g/mol. The maximum absolute atomic E-state index is 14.0. The van der Waals surface area contributed by atoms with Gasteiger partial charge in [-0.05, 0) is 49.4 Å². The number of hydrogen-bond acceptors (Lipinski definition) is 6. The second kappa shape index (κ2) is 8.71. The van der Waals surface area contributed by atoms with Gasteiger partial charge >= 0.3 is 0 Å². The number of anilines is 1. The number of thiophene rings is 1. The summed E-state index contributed by atoms with van der Waals surface area (Å²) in [5.41, 5.74) is 1.48. The van der Waals surface area contributed by atoms with Gasteiger partial charge in [0.2, 0.25) is 0 Å². The summed E-state index contributed by atoms with van der Waals surface area (Å²) < 4.78 is 45.9. The van der Waals surface area contributed by atoms with Crippen LogP contribution in [0.1, 0.15) is 30.9 Å². The molecule has 0 bridgehead atoms. The van der Waals surface area contributed by atoms with E-state index in [1.165, 1.54) is 17.4 Å². The van der Waals surface area contributed by atoms with Gasteiger partial charge in [0.25, 0.3) is 0 Å². The number of fused-ring (bicyclic) bond motifs is 1. The molecule has 0 N–H and O–H groups in total. The molecule has 0 spiro atoms. The molecule has 2 unspecified atom stereocenters. The Morgan fingerprint density at radius 1 is 1.17 bits per heavy atom. The molecule has 1 fully saturated rings. The fourth-order valence-corrected chi connectivity index (χ4v) is 7.90. The quantitative estimate of drug-likeness (QED) is 0.688. The lowest BCUT2D eigenvalue weighted by Gasteiger charge is -2.36. The Bertz CT molecular complexity index is 939. The van der Waals surface area contributed by atoms with Gasteiger partial charge in [0.05, 0.1) is 17.0 Å². The van der Waals surface area contributed by atoms with Gasteiger partial charge in [0, 0.05) is 38.9 Å². The highest BCUT2D eigenvalue weighted by Gasteiger charge is 2.39. The van der Waals surface area contributed by atoms with E-state index in [1.54, 1.807) is 13.2 Å². The van der Waals surface area contributed by atoms with E-state index in [1.807, 2.05) is 23.6 Å². The minimum atomic E-state index is -3.26. The summed E-state index contributed by atoms with van der Waals surface area (Å²) in [4.78, 5) is 4.43. The van der Waals surface area contributed by atoms with E-state index in [0.717, 1.165) is 44.7 Å². The molecule has 2 aliphatic heterocycles. The van der Waals surface area contributed by atoms with Crippen molar-refractivity contribution in [3.05, 3.63) is 47.1 Å². The molecule has 0 saturated carbocycles. The highest BCUT2D eigenvalue weighted by atomic mass is 32.2. The number of piperazine rings is 1.